The SMILES string of the molecule is COc1ccc(C(=O)NCCN2C(=O)S/C(=C\c3ccccc3)C2=O)c(O)c1. The number of carbonyl (C=O) groups is 3. The number of methoxy groups -OCH3 is 1. The van der Waals surface area contributed by atoms with Crippen molar-refractivity contribution >= 4 is 34.9 Å². The van der Waals surface area contributed by atoms with Crippen molar-refractivity contribution < 1.29 is 24.2 Å². The van der Waals surface area contributed by atoms with Crippen LogP contribution in [0.15, 0.2) is 53.4 Å². The predicted octanol–water partition coefficient (Wildman–Crippen LogP) is 2.87. The number of carbonyl (C=O) groups excluding carboxylic acids is 3. The molecule has 8 heteroatoms. The number of phenols is 1. The Morgan fingerprint density at radius 3 is 2.64 bits per heavy atom. The molecular formula is C20H18N2O5S. The molecule has 1 aliphatic rings. The standard InChI is InChI=1S/C20H18N2O5S/c1-27-14-7-8-15(16(23)12-14)18(24)21-9-10-22-19(25)17(28-20(22)26)11-13-5-3-2-4-6-13/h2-8,11-12,23H,9-10H2,1H3,(H,21,24)/b17-11-. The molecule has 2 aromatic rings. The van der Waals surface area contributed by atoms with Gasteiger partial charge in [-0.15, -0.1) is 0 Å². The van der Waals surface area contributed by atoms with Crippen molar-refractivity contribution in [2.24, 2.45) is 0 Å². The fraction of sp³-hybridized carbons (Fsp3) is 0.150. The second-order valence-corrected chi connectivity index (χ2v) is 6.88. The second kappa shape index (κ2) is 8.62. The number of amides is 3. The normalized spacial score (nSPS) is 15.2. The Balaban J connectivity index is 1.59. The Hall–Kier alpha value is -3.26. The molecule has 0 aromatic heterocycles. The number of nitrogens with zero attached hydrogens (tertiary/aromatic N) is 1. The minimum absolute atomic E-state index is 0.0411. The molecule has 2 aromatic carbocycles. The maximum atomic E-state index is 12.4. The average Bonchev–Trinajstić information content (AvgIpc) is 2.95. The summed E-state index contributed by atoms with van der Waals surface area (Å²) in [6.07, 6.45) is 1.67. The molecule has 0 atom stereocenters. The molecule has 1 saturated heterocycles. The number of imide groups is 1. The van der Waals surface area contributed by atoms with Crippen LogP contribution in [0.2, 0.25) is 0 Å². The molecule has 0 unspecified atom stereocenters. The molecule has 0 radical (unpaired) electrons. The van der Waals surface area contributed by atoms with Crippen LogP contribution in [0.5, 0.6) is 11.5 Å². The largest absolute Gasteiger partial charge is 0.507 e. The van der Waals surface area contributed by atoms with E-state index in [2.05, 4.69) is 5.32 Å². The van der Waals surface area contributed by atoms with E-state index in [-0.39, 0.29) is 35.5 Å². The van der Waals surface area contributed by atoms with Gasteiger partial charge in [-0.25, -0.2) is 0 Å². The topological polar surface area (TPSA) is 95.9 Å². The van der Waals surface area contributed by atoms with Crippen LogP contribution in [0.25, 0.3) is 6.08 Å². The van der Waals surface area contributed by atoms with Crippen LogP contribution in [-0.4, -0.2) is 47.3 Å². The zero-order valence-electron chi connectivity index (χ0n) is 15.0. The minimum Gasteiger partial charge on any atom is -0.507 e. The van der Waals surface area contributed by atoms with E-state index >= 15 is 0 Å². The number of nitrogens with one attached hydrogen (secondary N) is 1. The minimum atomic E-state index is -0.507. The van der Waals surface area contributed by atoms with Crippen molar-refractivity contribution in [3.05, 3.63) is 64.6 Å². The Kier molecular flexibility index (Phi) is 6.00. The van der Waals surface area contributed by atoms with Crippen molar-refractivity contribution in [2.75, 3.05) is 20.2 Å². The molecule has 2 N–H and O–H groups in total. The zero-order chi connectivity index (χ0) is 20.1. The van der Waals surface area contributed by atoms with Gasteiger partial charge >= 0.3 is 0 Å². The summed E-state index contributed by atoms with van der Waals surface area (Å²) >= 11 is 0.870. The van der Waals surface area contributed by atoms with Crippen molar-refractivity contribution in [3.63, 3.8) is 0 Å². The van der Waals surface area contributed by atoms with Crippen LogP contribution >= 0.6 is 11.8 Å². The fourth-order valence-corrected chi connectivity index (χ4v) is 3.47. The monoisotopic (exact) mass is 398 g/mol. The van der Waals surface area contributed by atoms with Crippen molar-refractivity contribution in [1.29, 1.82) is 0 Å². The van der Waals surface area contributed by atoms with E-state index in [0.29, 0.717) is 10.7 Å². The quantitative estimate of drug-likeness (QED) is 0.727. The highest BCUT2D eigenvalue weighted by atomic mass is 32.2. The number of aromatic hydroxyl groups is 1. The number of phenolic OH excluding ortho intramolecular Hbond substituents is 1. The van der Waals surface area contributed by atoms with Gasteiger partial charge in [-0.05, 0) is 35.5 Å². The molecule has 1 aliphatic heterocycles. The summed E-state index contributed by atoms with van der Waals surface area (Å²) in [5, 5.41) is 12.1. The van der Waals surface area contributed by atoms with E-state index < -0.39 is 5.91 Å². The molecule has 3 rings (SSSR count). The van der Waals surface area contributed by atoms with Crippen LogP contribution in [0.3, 0.4) is 0 Å². The van der Waals surface area contributed by atoms with Gasteiger partial charge < -0.3 is 15.2 Å². The van der Waals surface area contributed by atoms with Crippen LogP contribution in [0.1, 0.15) is 15.9 Å². The number of thioether (sulfide) groups is 1. The van der Waals surface area contributed by atoms with E-state index in [1.165, 1.54) is 19.2 Å². The molecule has 0 aliphatic carbocycles. The first kappa shape index (κ1) is 19.5. The molecule has 144 valence electrons. The van der Waals surface area contributed by atoms with Gasteiger partial charge in [0.25, 0.3) is 17.1 Å². The highest BCUT2D eigenvalue weighted by Gasteiger charge is 2.34. The molecule has 0 saturated carbocycles. The lowest BCUT2D eigenvalue weighted by Crippen LogP contribution is -2.37. The third-order valence-corrected chi connectivity index (χ3v) is 4.95. The van der Waals surface area contributed by atoms with Crippen molar-refractivity contribution in [3.8, 4) is 11.5 Å². The number of hydrogen-bond donors (Lipinski definition) is 2. The highest BCUT2D eigenvalue weighted by molar-refractivity contribution is 8.18. The third kappa shape index (κ3) is 4.34. The van der Waals surface area contributed by atoms with E-state index in [0.717, 1.165) is 22.2 Å². The maximum absolute atomic E-state index is 12.4. The first-order valence-electron chi connectivity index (χ1n) is 8.45. The van der Waals surface area contributed by atoms with Crippen LogP contribution < -0.4 is 10.1 Å². The van der Waals surface area contributed by atoms with Gasteiger partial charge in [-0.3, -0.25) is 19.3 Å². The maximum Gasteiger partial charge on any atom is 0.293 e. The molecule has 0 bridgehead atoms. The van der Waals surface area contributed by atoms with Crippen LogP contribution in [0.4, 0.5) is 4.79 Å². The fourth-order valence-electron chi connectivity index (χ4n) is 2.60. The lowest BCUT2D eigenvalue weighted by Gasteiger charge is -2.13. The first-order valence-corrected chi connectivity index (χ1v) is 9.27. The Morgan fingerprint density at radius 1 is 1.21 bits per heavy atom. The summed E-state index contributed by atoms with van der Waals surface area (Å²) in [6, 6.07) is 13.6. The van der Waals surface area contributed by atoms with Crippen molar-refractivity contribution in [1.82, 2.24) is 10.2 Å². The highest BCUT2D eigenvalue weighted by Crippen LogP contribution is 2.31. The van der Waals surface area contributed by atoms with Gasteiger partial charge in [-0.2, -0.15) is 0 Å². The van der Waals surface area contributed by atoms with E-state index in [1.807, 2.05) is 30.3 Å². The molecule has 1 fully saturated rings. The Morgan fingerprint density at radius 2 is 1.96 bits per heavy atom. The first-order chi connectivity index (χ1) is 13.5. The predicted molar refractivity (Wildman–Crippen MR) is 106 cm³/mol. The van der Waals surface area contributed by atoms with Gasteiger partial charge in [0, 0.05) is 19.2 Å². The number of hydrogen-bond acceptors (Lipinski definition) is 6. The molecule has 28 heavy (non-hydrogen) atoms. The molecule has 7 nitrogen and oxygen atoms in total. The van der Waals surface area contributed by atoms with E-state index in [1.54, 1.807) is 12.1 Å². The Labute approximate surface area is 166 Å². The Bertz CT molecular complexity index is 943. The number of ether oxygens (including phenoxy) is 1. The molecular weight excluding hydrogens is 380 g/mol. The van der Waals surface area contributed by atoms with Crippen molar-refractivity contribution in [2.45, 2.75) is 0 Å². The molecule has 0 spiro atoms. The summed E-state index contributed by atoms with van der Waals surface area (Å²) < 4.78 is 4.97. The van der Waals surface area contributed by atoms with Crippen LogP contribution in [0, 0.1) is 0 Å². The summed E-state index contributed by atoms with van der Waals surface area (Å²) in [5.41, 5.74) is 0.912. The average molecular weight is 398 g/mol. The summed E-state index contributed by atoms with van der Waals surface area (Å²) in [5.74, 6) is -0.682. The molecule has 3 amide bonds. The van der Waals surface area contributed by atoms with E-state index in [9.17, 15) is 19.5 Å². The number of benzene rings is 2. The third-order valence-electron chi connectivity index (χ3n) is 4.04. The summed E-state index contributed by atoms with van der Waals surface area (Å²) in [4.78, 5) is 38.2. The summed E-state index contributed by atoms with van der Waals surface area (Å²) in [6.45, 7) is 0.112. The lowest BCUT2D eigenvalue weighted by molar-refractivity contribution is -0.122. The smallest absolute Gasteiger partial charge is 0.293 e. The lowest BCUT2D eigenvalue weighted by atomic mass is 10.2. The van der Waals surface area contributed by atoms with E-state index in [4.69, 9.17) is 4.74 Å². The van der Waals surface area contributed by atoms with Gasteiger partial charge in [0.15, 0.2) is 0 Å². The summed E-state index contributed by atoms with van der Waals surface area (Å²) in [7, 11) is 1.46. The van der Waals surface area contributed by atoms with Gasteiger partial charge in [0.2, 0.25) is 0 Å². The van der Waals surface area contributed by atoms with Crippen LogP contribution in [-0.2, 0) is 4.79 Å². The number of rotatable bonds is 6. The van der Waals surface area contributed by atoms with Gasteiger partial charge in [0.1, 0.15) is 11.5 Å². The second-order valence-electron chi connectivity index (χ2n) is 5.88. The van der Waals surface area contributed by atoms with Gasteiger partial charge in [-0.1, -0.05) is 30.3 Å². The zero-order valence-corrected chi connectivity index (χ0v) is 15.9. The molecule has 1 heterocycles. The van der Waals surface area contributed by atoms with Gasteiger partial charge in [0.05, 0.1) is 17.6 Å².